The van der Waals surface area contributed by atoms with E-state index in [0.717, 1.165) is 6.42 Å². The van der Waals surface area contributed by atoms with Crippen LogP contribution in [0.2, 0.25) is 0 Å². The topological polar surface area (TPSA) is 20.2 Å². The molecule has 2 atom stereocenters. The van der Waals surface area contributed by atoms with E-state index in [1.165, 1.54) is 16.7 Å². The van der Waals surface area contributed by atoms with E-state index < -0.39 is 0 Å². The molecule has 1 aromatic carbocycles. The van der Waals surface area contributed by atoms with E-state index in [2.05, 4.69) is 45.9 Å². The van der Waals surface area contributed by atoms with Gasteiger partial charge in [0, 0.05) is 0 Å². The Kier molecular flexibility index (Phi) is 4.55. The van der Waals surface area contributed by atoms with Gasteiger partial charge < -0.3 is 5.11 Å². The van der Waals surface area contributed by atoms with Crippen molar-refractivity contribution in [2.75, 3.05) is 0 Å². The fraction of sp³-hybridized carbons (Fsp3) is 0.600. The van der Waals surface area contributed by atoms with Gasteiger partial charge >= 0.3 is 0 Å². The van der Waals surface area contributed by atoms with Gasteiger partial charge in [0.25, 0.3) is 0 Å². The molecule has 0 aliphatic rings. The summed E-state index contributed by atoms with van der Waals surface area (Å²) in [5.41, 5.74) is 3.96. The van der Waals surface area contributed by atoms with Crippen molar-refractivity contribution >= 4 is 0 Å². The van der Waals surface area contributed by atoms with Crippen molar-refractivity contribution in [2.24, 2.45) is 11.8 Å². The zero-order chi connectivity index (χ0) is 12.3. The summed E-state index contributed by atoms with van der Waals surface area (Å²) in [6.45, 7) is 10.5. The van der Waals surface area contributed by atoms with Crippen LogP contribution in [-0.4, -0.2) is 11.2 Å². The van der Waals surface area contributed by atoms with Crippen molar-refractivity contribution in [2.45, 2.75) is 47.1 Å². The second-order valence-electron chi connectivity index (χ2n) is 5.35. The standard InChI is InChI=1S/C15H24O/c1-10(2)15(13(5)16)9-14-7-11(3)6-12(4)8-14/h6-8,10,13,15-16H,9H2,1-5H3. The van der Waals surface area contributed by atoms with Gasteiger partial charge in [0.1, 0.15) is 0 Å². The number of hydrogen-bond acceptors (Lipinski definition) is 1. The first-order valence-corrected chi connectivity index (χ1v) is 6.15. The molecule has 1 nitrogen and oxygen atoms in total. The van der Waals surface area contributed by atoms with Crippen LogP contribution >= 0.6 is 0 Å². The van der Waals surface area contributed by atoms with Crippen molar-refractivity contribution in [3.05, 3.63) is 34.9 Å². The summed E-state index contributed by atoms with van der Waals surface area (Å²) in [5, 5.41) is 9.78. The first-order chi connectivity index (χ1) is 7.40. The van der Waals surface area contributed by atoms with Crippen LogP contribution < -0.4 is 0 Å². The maximum absolute atomic E-state index is 9.78. The number of rotatable bonds is 4. The molecule has 1 heteroatoms. The number of aryl methyl sites for hydroxylation is 2. The number of benzene rings is 1. The molecular formula is C15H24O. The Bertz CT molecular complexity index is 311. The summed E-state index contributed by atoms with van der Waals surface area (Å²) in [6.07, 6.45) is 0.735. The molecule has 0 bridgehead atoms. The lowest BCUT2D eigenvalue weighted by molar-refractivity contribution is 0.0977. The summed E-state index contributed by atoms with van der Waals surface area (Å²) in [4.78, 5) is 0. The minimum Gasteiger partial charge on any atom is -0.393 e. The third-order valence-electron chi connectivity index (χ3n) is 3.23. The van der Waals surface area contributed by atoms with Crippen molar-refractivity contribution in [3.63, 3.8) is 0 Å². The lowest BCUT2D eigenvalue weighted by atomic mass is 9.85. The summed E-state index contributed by atoms with van der Waals surface area (Å²) >= 11 is 0. The highest BCUT2D eigenvalue weighted by Gasteiger charge is 2.19. The van der Waals surface area contributed by atoms with Crippen LogP contribution in [0.1, 0.15) is 37.5 Å². The highest BCUT2D eigenvalue weighted by molar-refractivity contribution is 5.28. The SMILES string of the molecule is Cc1cc(C)cc(CC(C(C)C)C(C)O)c1. The van der Waals surface area contributed by atoms with Gasteiger partial charge in [-0.05, 0) is 44.6 Å². The van der Waals surface area contributed by atoms with Crippen LogP contribution in [0.5, 0.6) is 0 Å². The quantitative estimate of drug-likeness (QED) is 0.823. The molecule has 0 aliphatic carbocycles. The van der Waals surface area contributed by atoms with E-state index >= 15 is 0 Å². The average molecular weight is 220 g/mol. The minimum atomic E-state index is -0.235. The van der Waals surface area contributed by atoms with Crippen molar-refractivity contribution in [1.29, 1.82) is 0 Å². The van der Waals surface area contributed by atoms with Gasteiger partial charge in [0.05, 0.1) is 6.10 Å². The molecule has 90 valence electrons. The normalized spacial score (nSPS) is 15.2. The first-order valence-electron chi connectivity index (χ1n) is 6.15. The van der Waals surface area contributed by atoms with Crippen LogP contribution in [0.25, 0.3) is 0 Å². The van der Waals surface area contributed by atoms with Gasteiger partial charge in [-0.2, -0.15) is 0 Å². The van der Waals surface area contributed by atoms with Crippen LogP contribution in [0, 0.1) is 25.7 Å². The summed E-state index contributed by atoms with van der Waals surface area (Å²) < 4.78 is 0. The molecule has 1 rings (SSSR count). The Hall–Kier alpha value is -0.820. The molecule has 0 saturated heterocycles. The largest absolute Gasteiger partial charge is 0.393 e. The maximum atomic E-state index is 9.78. The maximum Gasteiger partial charge on any atom is 0.0545 e. The number of aliphatic hydroxyl groups is 1. The van der Waals surface area contributed by atoms with Crippen LogP contribution in [0.4, 0.5) is 0 Å². The van der Waals surface area contributed by atoms with Gasteiger partial charge in [-0.3, -0.25) is 0 Å². The summed E-state index contributed by atoms with van der Waals surface area (Å²) in [6, 6.07) is 6.64. The molecule has 0 spiro atoms. The van der Waals surface area contributed by atoms with Crippen LogP contribution in [-0.2, 0) is 6.42 Å². The van der Waals surface area contributed by atoms with Gasteiger partial charge in [-0.25, -0.2) is 0 Å². The van der Waals surface area contributed by atoms with Gasteiger partial charge in [-0.1, -0.05) is 43.2 Å². The molecule has 0 heterocycles. The van der Waals surface area contributed by atoms with Crippen LogP contribution in [0.15, 0.2) is 18.2 Å². The Balaban J connectivity index is 2.85. The Morgan fingerprint density at radius 1 is 1.00 bits per heavy atom. The second-order valence-corrected chi connectivity index (χ2v) is 5.35. The molecule has 16 heavy (non-hydrogen) atoms. The average Bonchev–Trinajstić information content (AvgIpc) is 2.11. The molecular weight excluding hydrogens is 196 g/mol. The lowest BCUT2D eigenvalue weighted by Gasteiger charge is -2.24. The molecule has 0 aromatic heterocycles. The highest BCUT2D eigenvalue weighted by Crippen LogP contribution is 2.22. The summed E-state index contributed by atoms with van der Waals surface area (Å²) in [7, 11) is 0. The molecule has 0 amide bonds. The third-order valence-corrected chi connectivity index (χ3v) is 3.23. The van der Waals surface area contributed by atoms with E-state index in [9.17, 15) is 5.11 Å². The van der Waals surface area contributed by atoms with E-state index in [0.29, 0.717) is 11.8 Å². The fourth-order valence-corrected chi connectivity index (χ4v) is 2.42. The van der Waals surface area contributed by atoms with Gasteiger partial charge in [-0.15, -0.1) is 0 Å². The smallest absolute Gasteiger partial charge is 0.0545 e. The molecule has 1 N–H and O–H groups in total. The monoisotopic (exact) mass is 220 g/mol. The predicted molar refractivity (Wildman–Crippen MR) is 69.6 cm³/mol. The second kappa shape index (κ2) is 5.49. The van der Waals surface area contributed by atoms with Crippen molar-refractivity contribution < 1.29 is 5.11 Å². The molecule has 0 saturated carbocycles. The van der Waals surface area contributed by atoms with E-state index in [-0.39, 0.29) is 6.10 Å². The van der Waals surface area contributed by atoms with E-state index in [1.54, 1.807) is 0 Å². The van der Waals surface area contributed by atoms with Crippen molar-refractivity contribution in [1.82, 2.24) is 0 Å². The Labute approximate surface area is 99.5 Å². The molecule has 2 unspecified atom stereocenters. The van der Waals surface area contributed by atoms with Gasteiger partial charge in [0.15, 0.2) is 0 Å². The van der Waals surface area contributed by atoms with Crippen LogP contribution in [0.3, 0.4) is 0 Å². The van der Waals surface area contributed by atoms with Gasteiger partial charge in [0.2, 0.25) is 0 Å². The van der Waals surface area contributed by atoms with E-state index in [4.69, 9.17) is 0 Å². The fourth-order valence-electron chi connectivity index (χ4n) is 2.42. The Morgan fingerprint density at radius 3 is 1.88 bits per heavy atom. The third kappa shape index (κ3) is 3.64. The molecule has 0 aliphatic heterocycles. The molecule has 0 radical (unpaired) electrons. The minimum absolute atomic E-state index is 0.235. The predicted octanol–water partition coefficient (Wildman–Crippen LogP) is 3.50. The number of aliphatic hydroxyl groups excluding tert-OH is 1. The van der Waals surface area contributed by atoms with Crippen molar-refractivity contribution in [3.8, 4) is 0 Å². The lowest BCUT2D eigenvalue weighted by Crippen LogP contribution is -2.24. The Morgan fingerprint density at radius 2 is 1.50 bits per heavy atom. The molecule has 1 aromatic rings. The first kappa shape index (κ1) is 13.2. The number of hydrogen-bond donors (Lipinski definition) is 1. The highest BCUT2D eigenvalue weighted by atomic mass is 16.3. The summed E-state index contributed by atoms with van der Waals surface area (Å²) in [5.74, 6) is 0.863. The zero-order valence-corrected chi connectivity index (χ0v) is 11.1. The van der Waals surface area contributed by atoms with E-state index in [1.807, 2.05) is 6.92 Å². The molecule has 0 fully saturated rings. The zero-order valence-electron chi connectivity index (χ0n) is 11.1.